The van der Waals surface area contributed by atoms with Crippen LogP contribution in [-0.2, 0) is 13.1 Å². The summed E-state index contributed by atoms with van der Waals surface area (Å²) in [6.45, 7) is 8.51. The fourth-order valence-corrected chi connectivity index (χ4v) is 2.25. The number of benzene rings is 1. The standard InChI is InChI=1S/C16H24N2O/c1-16(2,3)17-11-13-12-18(9-6-10-19)15-8-5-4-7-14(13)15/h4-5,7-8,12,17,19H,6,9-11H2,1-3H3. The van der Waals surface area contributed by atoms with Crippen molar-refractivity contribution in [3.8, 4) is 0 Å². The summed E-state index contributed by atoms with van der Waals surface area (Å²) in [7, 11) is 0. The highest BCUT2D eigenvalue weighted by Gasteiger charge is 2.12. The van der Waals surface area contributed by atoms with Crippen molar-refractivity contribution in [3.05, 3.63) is 36.0 Å². The molecule has 3 heteroatoms. The summed E-state index contributed by atoms with van der Waals surface area (Å²) in [6.07, 6.45) is 3.00. The van der Waals surface area contributed by atoms with E-state index in [1.165, 1.54) is 16.5 Å². The van der Waals surface area contributed by atoms with Gasteiger partial charge >= 0.3 is 0 Å². The molecule has 0 aliphatic heterocycles. The van der Waals surface area contributed by atoms with Gasteiger partial charge < -0.3 is 15.0 Å². The molecule has 2 N–H and O–H groups in total. The molecule has 104 valence electrons. The summed E-state index contributed by atoms with van der Waals surface area (Å²) in [5.41, 5.74) is 2.69. The molecule has 1 heterocycles. The molecule has 1 aromatic heterocycles. The van der Waals surface area contributed by atoms with E-state index < -0.39 is 0 Å². The molecule has 0 atom stereocenters. The molecule has 0 spiro atoms. The van der Waals surface area contributed by atoms with Gasteiger partial charge in [0.25, 0.3) is 0 Å². The molecule has 1 aromatic carbocycles. The lowest BCUT2D eigenvalue weighted by atomic mass is 10.1. The molecule has 0 unspecified atom stereocenters. The number of nitrogens with one attached hydrogen (secondary N) is 1. The zero-order valence-corrected chi connectivity index (χ0v) is 12.1. The van der Waals surface area contributed by atoms with Gasteiger partial charge in [-0.05, 0) is 38.8 Å². The van der Waals surface area contributed by atoms with E-state index in [-0.39, 0.29) is 12.1 Å². The fourth-order valence-electron chi connectivity index (χ4n) is 2.25. The van der Waals surface area contributed by atoms with Crippen LogP contribution in [0.1, 0.15) is 32.8 Å². The molecule has 0 aliphatic carbocycles. The average Bonchev–Trinajstić information content (AvgIpc) is 2.72. The van der Waals surface area contributed by atoms with E-state index in [1.807, 2.05) is 0 Å². The van der Waals surface area contributed by atoms with Crippen molar-refractivity contribution in [1.29, 1.82) is 0 Å². The van der Waals surface area contributed by atoms with Crippen molar-refractivity contribution in [2.24, 2.45) is 0 Å². The van der Waals surface area contributed by atoms with Gasteiger partial charge in [-0.1, -0.05) is 18.2 Å². The lowest BCUT2D eigenvalue weighted by Gasteiger charge is -2.20. The minimum atomic E-state index is 0.119. The Hall–Kier alpha value is -1.32. The zero-order valence-electron chi connectivity index (χ0n) is 12.1. The molecule has 0 saturated heterocycles. The number of nitrogens with zero attached hydrogens (tertiary/aromatic N) is 1. The number of aliphatic hydroxyl groups excluding tert-OH is 1. The average molecular weight is 260 g/mol. The van der Waals surface area contributed by atoms with E-state index in [0.29, 0.717) is 0 Å². The second kappa shape index (κ2) is 5.76. The van der Waals surface area contributed by atoms with Crippen LogP contribution in [0.15, 0.2) is 30.5 Å². The molecule has 0 bridgehead atoms. The van der Waals surface area contributed by atoms with E-state index in [0.717, 1.165) is 19.5 Å². The van der Waals surface area contributed by atoms with E-state index in [4.69, 9.17) is 5.11 Å². The molecule has 2 rings (SSSR count). The van der Waals surface area contributed by atoms with Gasteiger partial charge in [-0.15, -0.1) is 0 Å². The Labute approximate surface area is 115 Å². The third kappa shape index (κ3) is 3.58. The highest BCUT2D eigenvalue weighted by molar-refractivity contribution is 5.83. The van der Waals surface area contributed by atoms with E-state index in [1.54, 1.807) is 0 Å². The van der Waals surface area contributed by atoms with Crippen LogP contribution in [0.5, 0.6) is 0 Å². The van der Waals surface area contributed by atoms with Gasteiger partial charge in [0.1, 0.15) is 0 Å². The van der Waals surface area contributed by atoms with Gasteiger partial charge in [-0.3, -0.25) is 0 Å². The molecule has 2 aromatic rings. The molecule has 0 aliphatic rings. The van der Waals surface area contributed by atoms with Gasteiger partial charge in [-0.25, -0.2) is 0 Å². The topological polar surface area (TPSA) is 37.2 Å². The van der Waals surface area contributed by atoms with Crippen LogP contribution in [0, 0.1) is 0 Å². The third-order valence-electron chi connectivity index (χ3n) is 3.24. The fraction of sp³-hybridized carbons (Fsp3) is 0.500. The van der Waals surface area contributed by atoms with Crippen LogP contribution in [0.4, 0.5) is 0 Å². The maximum Gasteiger partial charge on any atom is 0.0483 e. The molecule has 0 saturated carbocycles. The van der Waals surface area contributed by atoms with Crippen LogP contribution in [0.3, 0.4) is 0 Å². The van der Waals surface area contributed by atoms with Crippen LogP contribution in [-0.4, -0.2) is 21.8 Å². The molecule has 0 fully saturated rings. The first-order valence-corrected chi connectivity index (χ1v) is 6.94. The summed E-state index contributed by atoms with van der Waals surface area (Å²) in [5, 5.41) is 13.8. The molecule has 0 amide bonds. The molecule has 0 radical (unpaired) electrons. The van der Waals surface area contributed by atoms with Crippen molar-refractivity contribution < 1.29 is 5.11 Å². The highest BCUT2D eigenvalue weighted by atomic mass is 16.3. The van der Waals surface area contributed by atoms with E-state index in [2.05, 4.69) is 61.1 Å². The number of aliphatic hydroxyl groups is 1. The summed E-state index contributed by atoms with van der Waals surface area (Å²) in [4.78, 5) is 0. The Balaban J connectivity index is 2.28. The molecular weight excluding hydrogens is 236 g/mol. The first-order valence-electron chi connectivity index (χ1n) is 6.94. The van der Waals surface area contributed by atoms with Crippen molar-refractivity contribution in [1.82, 2.24) is 9.88 Å². The highest BCUT2D eigenvalue weighted by Crippen LogP contribution is 2.22. The maximum absolute atomic E-state index is 8.99. The van der Waals surface area contributed by atoms with Crippen molar-refractivity contribution >= 4 is 10.9 Å². The first kappa shape index (κ1) is 14.1. The van der Waals surface area contributed by atoms with E-state index in [9.17, 15) is 0 Å². The summed E-state index contributed by atoms with van der Waals surface area (Å²) < 4.78 is 2.24. The predicted octanol–water partition coefficient (Wildman–Crippen LogP) is 2.91. The quantitative estimate of drug-likeness (QED) is 0.867. The SMILES string of the molecule is CC(C)(C)NCc1cn(CCCO)c2ccccc12. The Morgan fingerprint density at radius 3 is 2.63 bits per heavy atom. The number of aromatic nitrogens is 1. The lowest BCUT2D eigenvalue weighted by Crippen LogP contribution is -2.34. The van der Waals surface area contributed by atoms with Crippen molar-refractivity contribution in [2.45, 2.75) is 45.8 Å². The predicted molar refractivity (Wildman–Crippen MR) is 80.2 cm³/mol. The monoisotopic (exact) mass is 260 g/mol. The molecular formula is C16H24N2O. The van der Waals surface area contributed by atoms with E-state index >= 15 is 0 Å². The smallest absolute Gasteiger partial charge is 0.0483 e. The minimum absolute atomic E-state index is 0.119. The Morgan fingerprint density at radius 2 is 1.95 bits per heavy atom. The summed E-state index contributed by atoms with van der Waals surface area (Å²) in [5.74, 6) is 0. The largest absolute Gasteiger partial charge is 0.396 e. The Morgan fingerprint density at radius 1 is 1.21 bits per heavy atom. The van der Waals surface area contributed by atoms with Gasteiger partial charge in [0, 0.05) is 42.3 Å². The number of fused-ring (bicyclic) bond motifs is 1. The van der Waals surface area contributed by atoms with Gasteiger partial charge in [0.15, 0.2) is 0 Å². The van der Waals surface area contributed by atoms with Crippen molar-refractivity contribution in [3.63, 3.8) is 0 Å². The normalized spacial score (nSPS) is 12.2. The number of rotatable bonds is 5. The second-order valence-electron chi connectivity index (χ2n) is 6.05. The van der Waals surface area contributed by atoms with Gasteiger partial charge in [0.05, 0.1) is 0 Å². The molecule has 3 nitrogen and oxygen atoms in total. The first-order chi connectivity index (χ1) is 9.01. The third-order valence-corrected chi connectivity index (χ3v) is 3.24. The van der Waals surface area contributed by atoms with Crippen LogP contribution < -0.4 is 5.32 Å². The summed E-state index contributed by atoms with van der Waals surface area (Å²) in [6, 6.07) is 8.47. The lowest BCUT2D eigenvalue weighted by molar-refractivity contribution is 0.280. The van der Waals surface area contributed by atoms with Crippen molar-refractivity contribution in [2.75, 3.05) is 6.61 Å². The van der Waals surface area contributed by atoms with Gasteiger partial charge in [0.2, 0.25) is 0 Å². The maximum atomic E-state index is 8.99. The van der Waals surface area contributed by atoms with Crippen LogP contribution >= 0.6 is 0 Å². The second-order valence-corrected chi connectivity index (χ2v) is 6.05. The number of hydrogen-bond acceptors (Lipinski definition) is 2. The molecule has 19 heavy (non-hydrogen) atoms. The summed E-state index contributed by atoms with van der Waals surface area (Å²) >= 11 is 0. The van der Waals surface area contributed by atoms with Crippen LogP contribution in [0.25, 0.3) is 10.9 Å². The number of hydrogen-bond donors (Lipinski definition) is 2. The van der Waals surface area contributed by atoms with Gasteiger partial charge in [-0.2, -0.15) is 0 Å². The number of aryl methyl sites for hydroxylation is 1. The van der Waals surface area contributed by atoms with Crippen LogP contribution in [0.2, 0.25) is 0 Å². The Kier molecular flexibility index (Phi) is 4.27. The zero-order chi connectivity index (χ0) is 13.9. The Bertz CT molecular complexity index is 537. The number of para-hydroxylation sites is 1. The minimum Gasteiger partial charge on any atom is -0.396 e.